The Hall–Kier alpha value is -8.36. The fourth-order valence-corrected chi connectivity index (χ4v) is 8.11. The van der Waals surface area contributed by atoms with Crippen molar-refractivity contribution < 1.29 is 49.1 Å². The highest BCUT2D eigenvalue weighted by Gasteiger charge is 2.25. The van der Waals surface area contributed by atoms with Gasteiger partial charge < -0.3 is 41.0 Å². The number of esters is 2. The minimum Gasteiger partial charge on any atom is -0.477 e. The summed E-state index contributed by atoms with van der Waals surface area (Å²) in [4.78, 5) is 69.3. The van der Waals surface area contributed by atoms with Gasteiger partial charge in [-0.05, 0) is 95.0 Å². The Morgan fingerprint density at radius 3 is 1.46 bits per heavy atom. The molecule has 0 aliphatic heterocycles. The number of amides is 1. The number of aromatic amines is 2. The minimum atomic E-state index is -1.45. The van der Waals surface area contributed by atoms with Gasteiger partial charge in [-0.3, -0.25) is 33.9 Å². The number of aromatic carboxylic acids is 1. The third kappa shape index (κ3) is 20.8. The van der Waals surface area contributed by atoms with Crippen molar-refractivity contribution in [2.45, 2.75) is 70.1 Å². The Bertz CT molecular complexity index is 3350. The molecule has 0 bridgehead atoms. The standard InChI is InChI=1S/C29H28ClN3O5.C19H22ClNO3.C7H8O.C5H6N2O3/c1-33-27(35)17-25(32-33)28(36)31-24(16-26(34)29(37)38-18-20-6-3-2-4-7-20)14-19-10-12-21(13-11-19)22-8-5-9-23(30)15-22;1-2-24-19(23)18(22)12-17(21)10-13-6-8-14(9-7-13)15-4-3-5-16(20)11-15;8-6-7-4-2-1-3-5-7;1-7-4(8)2-3(6-7)5(9)10/h2-13,15,17,24,26,32,34H,14,16,18H2,1H3,(H,31,36);3-9,11,17-18,22H,2,10,12,21H2,1H3;1-5,8H,6H2;2,6H,1H3,(H,9,10)/t24-,26-;17-,18-;;/m11../s1. The molecule has 6 aromatic carbocycles. The van der Waals surface area contributed by atoms with E-state index in [9.17, 15) is 39.0 Å². The number of nitrogens with zero attached hydrogens (tertiary/aromatic N) is 2. The summed E-state index contributed by atoms with van der Waals surface area (Å²) in [6.45, 7) is 2.12. The maximum absolute atomic E-state index is 12.8. The van der Waals surface area contributed by atoms with Crippen LogP contribution in [0.4, 0.5) is 0 Å². The van der Waals surface area contributed by atoms with Crippen molar-refractivity contribution in [2.75, 3.05) is 6.61 Å². The average molecular weight is 1130 g/mol. The van der Waals surface area contributed by atoms with Crippen LogP contribution < -0.4 is 22.2 Å². The van der Waals surface area contributed by atoms with E-state index >= 15 is 0 Å². The number of benzene rings is 6. The second-order valence-electron chi connectivity index (χ2n) is 18.2. The molecule has 0 saturated carbocycles. The van der Waals surface area contributed by atoms with Gasteiger partial charge in [0.05, 0.1) is 13.2 Å². The monoisotopic (exact) mass is 1130 g/mol. The lowest BCUT2D eigenvalue weighted by Crippen LogP contribution is -2.41. The van der Waals surface area contributed by atoms with E-state index in [-0.39, 0.29) is 61.2 Å². The summed E-state index contributed by atoms with van der Waals surface area (Å²) in [6.07, 6.45) is -1.62. The number of carbonyl (C=O) groups excluding carboxylic acids is 3. The number of hydrogen-bond donors (Lipinski definition) is 8. The van der Waals surface area contributed by atoms with Crippen LogP contribution in [0, 0.1) is 0 Å². The maximum atomic E-state index is 12.8. The van der Waals surface area contributed by atoms with Gasteiger partial charge in [0.25, 0.3) is 17.0 Å². The van der Waals surface area contributed by atoms with Crippen LogP contribution in [0.5, 0.6) is 0 Å². The number of carboxylic acid groups (broad SMARTS) is 1. The number of rotatable bonds is 19. The van der Waals surface area contributed by atoms with Crippen LogP contribution in [-0.2, 0) is 59.2 Å². The number of nitrogens with one attached hydrogen (secondary N) is 3. The summed E-state index contributed by atoms with van der Waals surface area (Å²) in [6, 6.07) is 50.9. The van der Waals surface area contributed by atoms with Gasteiger partial charge in [-0.1, -0.05) is 157 Å². The Labute approximate surface area is 472 Å². The molecule has 420 valence electrons. The zero-order valence-corrected chi connectivity index (χ0v) is 45.7. The number of nitrogens with two attached hydrogens (primary N) is 1. The summed E-state index contributed by atoms with van der Waals surface area (Å²) in [7, 11) is 2.96. The second-order valence-corrected chi connectivity index (χ2v) is 19.1. The third-order valence-corrected chi connectivity index (χ3v) is 12.4. The Kier molecular flexibility index (Phi) is 24.9. The number of hydrogen-bond acceptors (Lipinski definition) is 12. The van der Waals surface area contributed by atoms with Crippen molar-refractivity contribution in [3.8, 4) is 22.3 Å². The predicted molar refractivity (Wildman–Crippen MR) is 306 cm³/mol. The lowest BCUT2D eigenvalue weighted by atomic mass is 9.97. The number of aromatic nitrogens is 4. The molecular weight excluding hydrogens is 1070 g/mol. The molecule has 0 fully saturated rings. The molecule has 18 nitrogen and oxygen atoms in total. The molecule has 0 radical (unpaired) electrons. The zero-order valence-electron chi connectivity index (χ0n) is 44.2. The number of carbonyl (C=O) groups is 4. The van der Waals surface area contributed by atoms with Crippen molar-refractivity contribution in [3.63, 3.8) is 0 Å². The number of aryl methyl sites for hydroxylation is 2. The van der Waals surface area contributed by atoms with E-state index in [4.69, 9.17) is 48.6 Å². The summed E-state index contributed by atoms with van der Waals surface area (Å²) in [5.74, 6) is -3.05. The highest BCUT2D eigenvalue weighted by molar-refractivity contribution is 6.31. The fraction of sp³-hybridized carbons (Fsp3) is 0.233. The number of ether oxygens (including phenoxy) is 2. The zero-order chi connectivity index (χ0) is 58.1. The Morgan fingerprint density at radius 1 is 0.575 bits per heavy atom. The van der Waals surface area contributed by atoms with Gasteiger partial charge >= 0.3 is 17.9 Å². The maximum Gasteiger partial charge on any atom is 0.353 e. The largest absolute Gasteiger partial charge is 0.477 e. The summed E-state index contributed by atoms with van der Waals surface area (Å²) in [5.41, 5.74) is 13.1. The van der Waals surface area contributed by atoms with E-state index in [1.807, 2.05) is 158 Å². The quantitative estimate of drug-likeness (QED) is 0.0362. The molecule has 2 heterocycles. The Balaban J connectivity index is 0.000000235. The molecular formula is C60H64Cl2N6O12. The molecule has 0 aliphatic carbocycles. The number of halogens is 2. The van der Waals surface area contributed by atoms with Gasteiger partial charge in [0.1, 0.15) is 18.0 Å². The Morgan fingerprint density at radius 2 is 1.04 bits per heavy atom. The first-order valence-electron chi connectivity index (χ1n) is 25.2. The van der Waals surface area contributed by atoms with E-state index in [2.05, 4.69) is 15.5 Å². The molecule has 0 saturated heterocycles. The van der Waals surface area contributed by atoms with Crippen molar-refractivity contribution in [2.24, 2.45) is 19.8 Å². The molecule has 0 aliphatic rings. The highest BCUT2D eigenvalue weighted by Crippen LogP contribution is 2.25. The second kappa shape index (κ2) is 31.9. The third-order valence-electron chi connectivity index (χ3n) is 11.9. The molecule has 1 amide bonds. The van der Waals surface area contributed by atoms with E-state index in [1.54, 1.807) is 6.92 Å². The van der Waals surface area contributed by atoms with E-state index in [0.717, 1.165) is 55.3 Å². The highest BCUT2D eigenvalue weighted by atomic mass is 35.5. The first-order valence-corrected chi connectivity index (χ1v) is 26.0. The van der Waals surface area contributed by atoms with Gasteiger partial charge in [-0.15, -0.1) is 0 Å². The van der Waals surface area contributed by atoms with E-state index in [0.29, 0.717) is 22.9 Å². The summed E-state index contributed by atoms with van der Waals surface area (Å²) >= 11 is 12.1. The van der Waals surface area contributed by atoms with Gasteiger partial charge in [-0.25, -0.2) is 14.4 Å². The van der Waals surface area contributed by atoms with Crippen LogP contribution in [0.1, 0.15) is 63.0 Å². The number of carboxylic acids is 1. The molecule has 4 atom stereocenters. The minimum absolute atomic E-state index is 0.0317. The van der Waals surface area contributed by atoms with Crippen LogP contribution in [0.2, 0.25) is 10.0 Å². The summed E-state index contributed by atoms with van der Waals surface area (Å²) < 4.78 is 12.3. The van der Waals surface area contributed by atoms with Crippen molar-refractivity contribution in [1.82, 2.24) is 24.9 Å². The molecule has 0 spiro atoms. The topological polar surface area (TPSA) is 281 Å². The van der Waals surface area contributed by atoms with Crippen molar-refractivity contribution in [1.29, 1.82) is 0 Å². The molecule has 20 heteroatoms. The number of H-pyrrole nitrogens is 2. The van der Waals surface area contributed by atoms with Crippen LogP contribution >= 0.6 is 23.2 Å². The number of aliphatic hydroxyl groups is 3. The predicted octanol–water partition coefficient (Wildman–Crippen LogP) is 7.65. The first kappa shape index (κ1) is 62.5. The van der Waals surface area contributed by atoms with Crippen molar-refractivity contribution in [3.05, 3.63) is 234 Å². The van der Waals surface area contributed by atoms with Crippen LogP contribution in [0.15, 0.2) is 179 Å². The summed E-state index contributed by atoms with van der Waals surface area (Å²) in [5, 5.41) is 46.4. The smallest absolute Gasteiger partial charge is 0.353 e. The van der Waals surface area contributed by atoms with E-state index in [1.165, 1.54) is 24.8 Å². The molecule has 8 aromatic rings. The lowest BCUT2D eigenvalue weighted by molar-refractivity contribution is -0.155. The first-order chi connectivity index (χ1) is 38.3. The van der Waals surface area contributed by atoms with Gasteiger partial charge in [-0.2, -0.15) is 0 Å². The lowest BCUT2D eigenvalue weighted by Gasteiger charge is -2.21. The molecule has 80 heavy (non-hydrogen) atoms. The van der Waals surface area contributed by atoms with Gasteiger partial charge in [0, 0.05) is 54.8 Å². The van der Waals surface area contributed by atoms with Crippen LogP contribution in [0.3, 0.4) is 0 Å². The molecule has 8 rings (SSSR count). The van der Waals surface area contributed by atoms with Crippen molar-refractivity contribution >= 4 is 47.0 Å². The van der Waals surface area contributed by atoms with Crippen LogP contribution in [-0.4, -0.2) is 94.7 Å². The SMILES string of the molecule is CCOC(=O)[C@H](O)C[C@H](N)Cc1ccc(-c2cccc(Cl)c2)cc1.Cn1[nH]c(C(=O)N[C@H](Cc2ccc(-c3cccc(Cl)c3)cc2)C[C@@H](O)C(=O)OCc2ccccc2)cc1=O.Cn1[nH]c(C(=O)O)cc1=O.OCc1ccccc1. The molecule has 9 N–H and O–H groups in total. The molecule has 2 aromatic heterocycles. The average Bonchev–Trinajstić information content (AvgIpc) is 3.99. The fourth-order valence-electron chi connectivity index (χ4n) is 7.73. The van der Waals surface area contributed by atoms with Gasteiger partial charge in [0.15, 0.2) is 12.2 Å². The number of aliphatic hydroxyl groups excluding tert-OH is 3. The normalized spacial score (nSPS) is 12.1. The van der Waals surface area contributed by atoms with Crippen LogP contribution in [0.25, 0.3) is 22.3 Å². The van der Waals surface area contributed by atoms with Gasteiger partial charge in [0.2, 0.25) is 0 Å². The van der Waals surface area contributed by atoms with E-state index < -0.39 is 42.1 Å². The molecule has 0 unspecified atom stereocenters.